The summed E-state index contributed by atoms with van der Waals surface area (Å²) in [7, 11) is 0. The lowest BCUT2D eigenvalue weighted by Gasteiger charge is -2.67. The topological polar surface area (TPSA) is 57.5 Å². The minimum absolute atomic E-state index is 0.0443. The quantitative estimate of drug-likeness (QED) is 0.353. The van der Waals surface area contributed by atoms with Gasteiger partial charge in [-0.15, -0.1) is 0 Å². The van der Waals surface area contributed by atoms with Gasteiger partial charge in [0.1, 0.15) is 0 Å². The van der Waals surface area contributed by atoms with E-state index in [1.54, 1.807) is 0 Å². The van der Waals surface area contributed by atoms with Crippen LogP contribution in [0.3, 0.4) is 0 Å². The molecule has 2 N–H and O–H groups in total. The molecule has 0 saturated heterocycles. The van der Waals surface area contributed by atoms with Crippen molar-refractivity contribution in [2.75, 3.05) is 0 Å². The van der Waals surface area contributed by atoms with Gasteiger partial charge in [-0.2, -0.15) is 0 Å². The molecule has 0 spiro atoms. The number of fused-ring (bicyclic) bond motifs is 1. The molecular weight excluding hydrogens is 432 g/mol. The van der Waals surface area contributed by atoms with Crippen LogP contribution in [-0.2, 0) is 4.79 Å². The Morgan fingerprint density at radius 3 is 2.31 bits per heavy atom. The zero-order chi connectivity index (χ0) is 26.6. The summed E-state index contributed by atoms with van der Waals surface area (Å²) in [5, 5.41) is 21.4. The number of hydrogen-bond acceptors (Lipinski definition) is 2. The van der Waals surface area contributed by atoms with Crippen LogP contribution in [0.5, 0.6) is 0 Å². The normalized spacial score (nSPS) is 43.9. The largest absolute Gasteiger partial charge is 0.481 e. The lowest BCUT2D eigenvalue weighted by atomic mass is 9.38. The van der Waals surface area contributed by atoms with Crippen molar-refractivity contribution in [1.29, 1.82) is 0 Å². The highest BCUT2D eigenvalue weighted by molar-refractivity contribution is 5.75. The van der Waals surface area contributed by atoms with Crippen LogP contribution in [0.15, 0.2) is 11.6 Å². The van der Waals surface area contributed by atoms with Gasteiger partial charge >= 0.3 is 5.97 Å². The van der Waals surface area contributed by atoms with Crippen LogP contribution < -0.4 is 0 Å². The number of aliphatic hydroxyl groups is 1. The molecule has 3 aliphatic rings. The molecule has 0 unspecified atom stereocenters. The molecule has 2 saturated carbocycles. The minimum atomic E-state index is -0.662. The van der Waals surface area contributed by atoms with Gasteiger partial charge in [-0.1, -0.05) is 80.4 Å². The predicted octanol–water partition coefficient (Wildman–Crippen LogP) is 8.51. The van der Waals surface area contributed by atoms with Crippen LogP contribution >= 0.6 is 0 Å². The van der Waals surface area contributed by atoms with Gasteiger partial charge in [-0.3, -0.25) is 4.79 Å². The molecule has 0 aliphatic heterocycles. The van der Waals surface area contributed by atoms with Crippen LogP contribution in [0.4, 0.5) is 0 Å². The van der Waals surface area contributed by atoms with Crippen LogP contribution in [0.25, 0.3) is 0 Å². The third kappa shape index (κ3) is 4.34. The van der Waals surface area contributed by atoms with Crippen molar-refractivity contribution < 1.29 is 15.0 Å². The van der Waals surface area contributed by atoms with Gasteiger partial charge in [0.2, 0.25) is 0 Å². The smallest absolute Gasteiger partial charge is 0.310 e. The highest BCUT2D eigenvalue weighted by Crippen LogP contribution is 2.69. The van der Waals surface area contributed by atoms with E-state index in [1.165, 1.54) is 31.3 Å². The second-order valence-corrected chi connectivity index (χ2v) is 14.8. The highest BCUT2D eigenvalue weighted by atomic mass is 16.4. The summed E-state index contributed by atoms with van der Waals surface area (Å²) < 4.78 is 0. The van der Waals surface area contributed by atoms with Crippen molar-refractivity contribution in [2.45, 2.75) is 133 Å². The Hall–Kier alpha value is -0.830. The number of carbonyl (C=O) groups is 1. The maximum atomic E-state index is 12.8. The van der Waals surface area contributed by atoms with Gasteiger partial charge in [0.15, 0.2) is 0 Å². The molecule has 3 nitrogen and oxygen atoms in total. The second kappa shape index (κ2) is 9.48. The Balaban J connectivity index is 1.94. The minimum Gasteiger partial charge on any atom is -0.481 e. The van der Waals surface area contributed by atoms with E-state index in [4.69, 9.17) is 0 Å². The summed E-state index contributed by atoms with van der Waals surface area (Å²) in [6.07, 6.45) is 11.1. The average molecular weight is 489 g/mol. The first-order valence-electron chi connectivity index (χ1n) is 14.6. The fraction of sp³-hybridized carbons (Fsp3) is 0.906. The van der Waals surface area contributed by atoms with Crippen LogP contribution in [0.2, 0.25) is 0 Å². The predicted molar refractivity (Wildman–Crippen MR) is 146 cm³/mol. The van der Waals surface area contributed by atoms with E-state index in [0.717, 1.165) is 25.7 Å². The monoisotopic (exact) mass is 488 g/mol. The first-order valence-corrected chi connectivity index (χ1v) is 14.6. The molecule has 3 aliphatic carbocycles. The van der Waals surface area contributed by atoms with Crippen molar-refractivity contribution in [2.24, 2.45) is 50.7 Å². The summed E-state index contributed by atoms with van der Waals surface area (Å²) in [5.74, 6) is 0.985. The summed E-state index contributed by atoms with van der Waals surface area (Å²) in [6.45, 7) is 23.4. The van der Waals surface area contributed by atoms with Crippen molar-refractivity contribution >= 4 is 5.97 Å². The number of carboxylic acid groups (broad SMARTS) is 1. The van der Waals surface area contributed by atoms with Crippen molar-refractivity contribution in [3.8, 4) is 0 Å². The van der Waals surface area contributed by atoms with Crippen LogP contribution in [-0.4, -0.2) is 22.3 Å². The summed E-state index contributed by atoms with van der Waals surface area (Å²) >= 11 is 0. The SMILES string of the molecule is CCC[C@@H]1[C@@]2(C)CC[C@H](O)C(C)(C)[C@@H]2CC[C@@]1(C)C(C)(C)CC[C@@]1(C(=O)O)CC=C(C)[C@@H](C)[C@@H]1C. The first-order chi connectivity index (χ1) is 16.0. The summed E-state index contributed by atoms with van der Waals surface area (Å²) in [6, 6.07) is 0. The van der Waals surface area contributed by atoms with E-state index in [0.29, 0.717) is 24.2 Å². The molecule has 3 heteroatoms. The number of hydrogen-bond donors (Lipinski definition) is 2. The van der Waals surface area contributed by atoms with Gasteiger partial charge in [0.25, 0.3) is 0 Å². The Bertz CT molecular complexity index is 825. The van der Waals surface area contributed by atoms with E-state index >= 15 is 0 Å². The molecule has 0 aromatic rings. The number of aliphatic carboxylic acids is 1. The fourth-order valence-corrected chi connectivity index (χ4v) is 9.42. The van der Waals surface area contributed by atoms with E-state index in [2.05, 4.69) is 75.3 Å². The molecule has 0 radical (unpaired) electrons. The Kier molecular flexibility index (Phi) is 7.78. The van der Waals surface area contributed by atoms with Crippen LogP contribution in [0.1, 0.15) is 127 Å². The summed E-state index contributed by atoms with van der Waals surface area (Å²) in [4.78, 5) is 12.8. The van der Waals surface area contributed by atoms with Crippen molar-refractivity contribution in [3.63, 3.8) is 0 Å². The lowest BCUT2D eigenvalue weighted by molar-refractivity contribution is -0.198. The van der Waals surface area contributed by atoms with E-state index in [9.17, 15) is 15.0 Å². The molecule has 0 aromatic carbocycles. The van der Waals surface area contributed by atoms with Gasteiger partial charge in [0, 0.05) is 0 Å². The molecule has 2 fully saturated rings. The van der Waals surface area contributed by atoms with Crippen molar-refractivity contribution in [1.82, 2.24) is 0 Å². The van der Waals surface area contributed by atoms with Gasteiger partial charge < -0.3 is 10.2 Å². The Labute approximate surface area is 216 Å². The number of rotatable bonds is 7. The fourth-order valence-electron chi connectivity index (χ4n) is 9.42. The molecule has 0 bridgehead atoms. The van der Waals surface area contributed by atoms with Gasteiger partial charge in [-0.05, 0) is 104 Å². The molecule has 0 heterocycles. The zero-order valence-corrected chi connectivity index (χ0v) is 24.6. The summed E-state index contributed by atoms with van der Waals surface area (Å²) in [5.41, 5.74) is 1.06. The highest BCUT2D eigenvalue weighted by Gasteiger charge is 2.63. The Morgan fingerprint density at radius 2 is 1.74 bits per heavy atom. The molecule has 35 heavy (non-hydrogen) atoms. The van der Waals surface area contributed by atoms with Crippen LogP contribution in [0, 0.1) is 50.7 Å². The second-order valence-electron chi connectivity index (χ2n) is 14.8. The molecular formula is C32H56O3. The van der Waals surface area contributed by atoms with E-state index in [-0.39, 0.29) is 33.7 Å². The van der Waals surface area contributed by atoms with E-state index in [1.807, 2.05) is 0 Å². The molecule has 8 atom stereocenters. The van der Waals surface area contributed by atoms with Gasteiger partial charge in [0.05, 0.1) is 11.5 Å². The molecule has 202 valence electrons. The third-order valence-electron chi connectivity index (χ3n) is 12.9. The maximum absolute atomic E-state index is 12.8. The number of aliphatic hydroxyl groups excluding tert-OH is 1. The molecule has 0 aromatic heterocycles. The van der Waals surface area contributed by atoms with E-state index < -0.39 is 11.4 Å². The lowest BCUT2D eigenvalue weighted by Crippen LogP contribution is -2.61. The molecule has 3 rings (SSSR count). The third-order valence-corrected chi connectivity index (χ3v) is 12.9. The zero-order valence-electron chi connectivity index (χ0n) is 24.6. The number of allylic oxidation sites excluding steroid dienone is 2. The average Bonchev–Trinajstić information content (AvgIpc) is 2.77. The Morgan fingerprint density at radius 1 is 1.11 bits per heavy atom. The number of carboxylic acids is 1. The standard InChI is InChI=1S/C32H56O3/c1-11-12-25-30(9)16-15-26(33)29(7,8)24(30)14-17-31(25,10)28(5,6)19-20-32(27(34)35)18-13-21(2)22(3)23(32)4/h13,22-26,33H,11-12,14-20H2,1-10H3,(H,34,35)/t22-,23+,24+,25-,26+,30+,31-,32+/m1/s1. The maximum Gasteiger partial charge on any atom is 0.310 e. The van der Waals surface area contributed by atoms with Gasteiger partial charge in [-0.25, -0.2) is 0 Å². The molecule has 0 amide bonds. The first kappa shape index (κ1) is 28.7. The van der Waals surface area contributed by atoms with Crippen molar-refractivity contribution in [3.05, 3.63) is 11.6 Å².